The van der Waals surface area contributed by atoms with Crippen LogP contribution in [0, 0.1) is 18.6 Å². The molecule has 0 aliphatic heterocycles. The Bertz CT molecular complexity index is 1510. The van der Waals surface area contributed by atoms with Crippen molar-refractivity contribution in [2.45, 2.75) is 24.6 Å². The van der Waals surface area contributed by atoms with Crippen LogP contribution in [0.4, 0.5) is 27.6 Å². The lowest BCUT2D eigenvalue weighted by atomic mass is 10.1. The molecule has 2 aromatic heterocycles. The van der Waals surface area contributed by atoms with Gasteiger partial charge in [0.25, 0.3) is 10.0 Å². The summed E-state index contributed by atoms with van der Waals surface area (Å²) in [5, 5.41) is -0.0606. The molecule has 2 heterocycles. The van der Waals surface area contributed by atoms with Gasteiger partial charge in [-0.15, -0.1) is 13.2 Å². The Morgan fingerprint density at radius 2 is 1.69 bits per heavy atom. The number of ether oxygens (including phenoxy) is 2. The fourth-order valence-corrected chi connectivity index (χ4v) is 4.85. The highest BCUT2D eigenvalue weighted by Gasteiger charge is 2.30. The number of fused-ring (bicyclic) bond motifs is 1. The molecule has 2 aromatic carbocycles. The molecule has 4 rings (SSSR count). The molecule has 0 aliphatic rings. The standard InChI is InChI=1S/C23H18F5N3O4S/c1-13-2-4-16(5-3-13)36(32,33)31-12-14(7-9-34-23(26,27)28)20-19(6-8-30-22(20)31)35-21-17(24)10-15(29)11-18(21)25/h2-6,8,10-12H,7,9,29H2,1H3. The van der Waals surface area contributed by atoms with E-state index in [2.05, 4.69) is 9.72 Å². The number of aryl methyl sites for hydroxylation is 1. The third kappa shape index (κ3) is 5.11. The first-order valence-electron chi connectivity index (χ1n) is 10.3. The van der Waals surface area contributed by atoms with Gasteiger partial charge in [0.05, 0.1) is 16.9 Å². The van der Waals surface area contributed by atoms with Crippen LogP contribution in [0.2, 0.25) is 0 Å². The third-order valence-corrected chi connectivity index (χ3v) is 6.81. The molecule has 0 atom stereocenters. The Hall–Kier alpha value is -3.71. The van der Waals surface area contributed by atoms with E-state index in [1.807, 2.05) is 0 Å². The van der Waals surface area contributed by atoms with E-state index in [-0.39, 0.29) is 32.9 Å². The van der Waals surface area contributed by atoms with E-state index in [0.29, 0.717) is 0 Å². The van der Waals surface area contributed by atoms with Gasteiger partial charge in [0, 0.05) is 30.2 Å². The first-order valence-corrected chi connectivity index (χ1v) is 11.7. The average molecular weight is 527 g/mol. The lowest BCUT2D eigenvalue weighted by Crippen LogP contribution is -2.15. The Morgan fingerprint density at radius 3 is 2.31 bits per heavy atom. The van der Waals surface area contributed by atoms with Crippen LogP contribution in [0.15, 0.2) is 59.8 Å². The van der Waals surface area contributed by atoms with E-state index >= 15 is 0 Å². The van der Waals surface area contributed by atoms with Gasteiger partial charge in [-0.25, -0.2) is 26.2 Å². The van der Waals surface area contributed by atoms with Crippen molar-refractivity contribution in [1.29, 1.82) is 0 Å². The van der Waals surface area contributed by atoms with Gasteiger partial charge in [-0.05, 0) is 37.1 Å². The SMILES string of the molecule is Cc1ccc(S(=O)(=O)n2cc(CCOC(F)(F)F)c3c(Oc4c(F)cc(N)cc4F)ccnc32)cc1. The highest BCUT2D eigenvalue weighted by molar-refractivity contribution is 7.90. The van der Waals surface area contributed by atoms with Gasteiger partial charge in [0.2, 0.25) is 0 Å². The fraction of sp³-hybridized carbons (Fsp3) is 0.174. The largest absolute Gasteiger partial charge is 0.522 e. The topological polar surface area (TPSA) is 96.4 Å². The van der Waals surface area contributed by atoms with E-state index in [1.54, 1.807) is 19.1 Å². The smallest absolute Gasteiger partial charge is 0.450 e. The maximum Gasteiger partial charge on any atom is 0.522 e. The first kappa shape index (κ1) is 25.4. The highest BCUT2D eigenvalue weighted by atomic mass is 32.2. The number of pyridine rings is 1. The fourth-order valence-electron chi connectivity index (χ4n) is 3.52. The lowest BCUT2D eigenvalue weighted by molar-refractivity contribution is -0.324. The van der Waals surface area contributed by atoms with Crippen molar-refractivity contribution in [2.24, 2.45) is 0 Å². The van der Waals surface area contributed by atoms with Crippen LogP contribution >= 0.6 is 0 Å². The number of rotatable bonds is 7. The molecule has 7 nitrogen and oxygen atoms in total. The molecule has 0 unspecified atom stereocenters. The number of benzene rings is 2. The van der Waals surface area contributed by atoms with E-state index < -0.39 is 46.8 Å². The average Bonchev–Trinajstić information content (AvgIpc) is 3.16. The van der Waals surface area contributed by atoms with Crippen molar-refractivity contribution in [2.75, 3.05) is 12.3 Å². The summed E-state index contributed by atoms with van der Waals surface area (Å²) in [7, 11) is -4.26. The Morgan fingerprint density at radius 1 is 1.06 bits per heavy atom. The number of anilines is 1. The molecule has 0 saturated carbocycles. The Balaban J connectivity index is 1.87. The number of nitrogen functional groups attached to an aromatic ring is 1. The second kappa shape index (κ2) is 9.39. The second-order valence-corrected chi connectivity index (χ2v) is 9.55. The minimum Gasteiger partial charge on any atom is -0.450 e. The number of aromatic nitrogens is 2. The van der Waals surface area contributed by atoms with Gasteiger partial charge in [-0.2, -0.15) is 0 Å². The first-order chi connectivity index (χ1) is 16.9. The molecule has 0 spiro atoms. The molecule has 190 valence electrons. The molecule has 0 fully saturated rings. The van der Waals surface area contributed by atoms with Gasteiger partial charge in [-0.3, -0.25) is 4.74 Å². The van der Waals surface area contributed by atoms with Gasteiger partial charge in [-0.1, -0.05) is 17.7 Å². The maximum atomic E-state index is 14.4. The molecule has 0 bridgehead atoms. The van der Waals surface area contributed by atoms with E-state index in [1.165, 1.54) is 18.2 Å². The number of halogens is 5. The van der Waals surface area contributed by atoms with Crippen LogP contribution in [0.3, 0.4) is 0 Å². The minimum atomic E-state index is -4.92. The maximum absolute atomic E-state index is 14.4. The van der Waals surface area contributed by atoms with Crippen molar-refractivity contribution < 1.29 is 39.8 Å². The molecule has 36 heavy (non-hydrogen) atoms. The molecule has 13 heteroatoms. The summed E-state index contributed by atoms with van der Waals surface area (Å²) in [4.78, 5) is 3.96. The monoisotopic (exact) mass is 527 g/mol. The van der Waals surface area contributed by atoms with Gasteiger partial charge in [0.1, 0.15) is 5.75 Å². The zero-order valence-corrected chi connectivity index (χ0v) is 19.3. The Kier molecular flexibility index (Phi) is 6.62. The van der Waals surface area contributed by atoms with Crippen LogP contribution in [-0.2, 0) is 21.2 Å². The summed E-state index contributed by atoms with van der Waals surface area (Å²) < 4.78 is 103. The summed E-state index contributed by atoms with van der Waals surface area (Å²) in [5.74, 6) is -3.33. The Labute approximate surface area is 201 Å². The van der Waals surface area contributed by atoms with Crippen LogP contribution in [-0.4, -0.2) is 30.3 Å². The van der Waals surface area contributed by atoms with Crippen LogP contribution in [0.5, 0.6) is 11.5 Å². The number of hydrogen-bond acceptors (Lipinski definition) is 6. The number of alkyl halides is 3. The summed E-state index contributed by atoms with van der Waals surface area (Å²) >= 11 is 0. The molecule has 0 saturated heterocycles. The van der Waals surface area contributed by atoms with Crippen molar-refractivity contribution >= 4 is 26.7 Å². The van der Waals surface area contributed by atoms with Gasteiger partial charge < -0.3 is 10.5 Å². The zero-order valence-electron chi connectivity index (χ0n) is 18.5. The van der Waals surface area contributed by atoms with E-state index in [4.69, 9.17) is 10.5 Å². The van der Waals surface area contributed by atoms with Crippen LogP contribution in [0.25, 0.3) is 11.0 Å². The predicted molar refractivity (Wildman–Crippen MR) is 120 cm³/mol. The third-order valence-electron chi connectivity index (χ3n) is 5.14. The van der Waals surface area contributed by atoms with Gasteiger partial charge in [0.15, 0.2) is 23.0 Å². The van der Waals surface area contributed by atoms with Crippen LogP contribution < -0.4 is 10.5 Å². The number of hydrogen-bond donors (Lipinski definition) is 1. The molecule has 0 aliphatic carbocycles. The molecule has 0 amide bonds. The summed E-state index contributed by atoms with van der Waals surface area (Å²) in [6, 6.07) is 8.72. The van der Waals surface area contributed by atoms with Gasteiger partial charge >= 0.3 is 6.36 Å². The lowest BCUT2D eigenvalue weighted by Gasteiger charge is -2.11. The minimum absolute atomic E-state index is 0.0318. The van der Waals surface area contributed by atoms with Crippen LogP contribution in [0.1, 0.15) is 11.1 Å². The number of nitrogens with two attached hydrogens (primary N) is 1. The molecular weight excluding hydrogens is 509 g/mol. The second-order valence-electron chi connectivity index (χ2n) is 7.74. The number of nitrogens with zero attached hydrogens (tertiary/aromatic N) is 2. The zero-order chi connectivity index (χ0) is 26.3. The van der Waals surface area contributed by atoms with Crippen molar-refractivity contribution in [3.63, 3.8) is 0 Å². The quantitative estimate of drug-likeness (QED) is 0.258. The van der Waals surface area contributed by atoms with Crippen molar-refractivity contribution in [3.8, 4) is 11.5 Å². The normalized spacial score (nSPS) is 12.3. The molecule has 4 aromatic rings. The van der Waals surface area contributed by atoms with Crippen molar-refractivity contribution in [3.05, 3.63) is 77.6 Å². The highest BCUT2D eigenvalue weighted by Crippen LogP contribution is 2.37. The molecular formula is C23H18F5N3O4S. The van der Waals surface area contributed by atoms with E-state index in [0.717, 1.165) is 34.1 Å². The molecule has 2 N–H and O–H groups in total. The predicted octanol–water partition coefficient (Wildman–Crippen LogP) is 5.31. The van der Waals surface area contributed by atoms with E-state index in [9.17, 15) is 30.4 Å². The summed E-state index contributed by atoms with van der Waals surface area (Å²) in [5.41, 5.74) is 5.84. The van der Waals surface area contributed by atoms with Crippen molar-refractivity contribution in [1.82, 2.24) is 8.96 Å². The summed E-state index contributed by atoms with van der Waals surface area (Å²) in [6.07, 6.45) is -3.11. The molecule has 0 radical (unpaired) electrons. The summed E-state index contributed by atoms with van der Waals surface area (Å²) in [6.45, 7) is 0.910.